The molecule has 0 aromatic carbocycles. The maximum atomic E-state index is 12.4. The molecular weight excluding hydrogens is 270 g/mol. The monoisotopic (exact) mass is 291 g/mol. The average molecular weight is 291 g/mol. The summed E-state index contributed by atoms with van der Waals surface area (Å²) in [5.74, 6) is 0.405. The number of carbonyl (C=O) groups excluding carboxylic acids is 2. The summed E-state index contributed by atoms with van der Waals surface area (Å²) in [7, 11) is 0. The third-order valence-corrected chi connectivity index (χ3v) is 4.57. The van der Waals surface area contributed by atoms with Gasteiger partial charge in [-0.2, -0.15) is 0 Å². The van der Waals surface area contributed by atoms with Crippen LogP contribution in [0.4, 0.5) is 5.82 Å². The molecule has 1 aromatic rings. The molecule has 0 unspecified atom stereocenters. The van der Waals surface area contributed by atoms with Gasteiger partial charge in [-0.1, -0.05) is 18.0 Å². The summed E-state index contributed by atoms with van der Waals surface area (Å²) in [4.78, 5) is 26.2. The Morgan fingerprint density at radius 2 is 2.05 bits per heavy atom. The van der Waals surface area contributed by atoms with Gasteiger partial charge >= 0.3 is 11.8 Å². The van der Waals surface area contributed by atoms with Crippen molar-refractivity contribution in [2.45, 2.75) is 51.5 Å². The number of anilines is 1. The number of nitrogens with zero attached hydrogens (tertiary/aromatic N) is 2. The minimum Gasteiger partial charge on any atom is -0.360 e. The lowest BCUT2D eigenvalue weighted by atomic mass is 9.96. The summed E-state index contributed by atoms with van der Waals surface area (Å²) in [6.07, 6.45) is 6.86. The minimum absolute atomic E-state index is 0.241. The summed E-state index contributed by atoms with van der Waals surface area (Å²) in [6.45, 7) is 2.42. The fraction of sp³-hybridized carbons (Fsp3) is 0.667. The van der Waals surface area contributed by atoms with Crippen LogP contribution in [0, 0.1) is 12.8 Å². The predicted octanol–water partition coefficient (Wildman–Crippen LogP) is 2.10. The van der Waals surface area contributed by atoms with Gasteiger partial charge < -0.3 is 9.42 Å². The molecule has 0 spiro atoms. The first kappa shape index (κ1) is 14.1. The zero-order chi connectivity index (χ0) is 14.8. The van der Waals surface area contributed by atoms with Gasteiger partial charge in [0.25, 0.3) is 0 Å². The van der Waals surface area contributed by atoms with Crippen molar-refractivity contribution < 1.29 is 14.1 Å². The van der Waals surface area contributed by atoms with Gasteiger partial charge in [-0.3, -0.25) is 14.9 Å². The maximum Gasteiger partial charge on any atom is 0.315 e. The van der Waals surface area contributed by atoms with E-state index in [1.807, 2.05) is 0 Å². The van der Waals surface area contributed by atoms with Crippen molar-refractivity contribution in [2.24, 2.45) is 5.92 Å². The summed E-state index contributed by atoms with van der Waals surface area (Å²) in [5, 5.41) is 6.20. The van der Waals surface area contributed by atoms with Gasteiger partial charge in [0.2, 0.25) is 0 Å². The molecule has 1 aliphatic carbocycles. The van der Waals surface area contributed by atoms with Crippen molar-refractivity contribution in [3.8, 4) is 0 Å². The molecule has 1 N–H and O–H groups in total. The van der Waals surface area contributed by atoms with Crippen LogP contribution in [-0.4, -0.2) is 34.5 Å². The van der Waals surface area contributed by atoms with E-state index in [0.717, 1.165) is 12.8 Å². The molecule has 21 heavy (non-hydrogen) atoms. The molecule has 1 aliphatic heterocycles. The van der Waals surface area contributed by atoms with Gasteiger partial charge in [-0.15, -0.1) is 0 Å². The lowest BCUT2D eigenvalue weighted by Gasteiger charge is -2.28. The van der Waals surface area contributed by atoms with E-state index in [0.29, 0.717) is 24.0 Å². The van der Waals surface area contributed by atoms with Crippen molar-refractivity contribution >= 4 is 17.6 Å². The molecule has 1 atom stereocenters. The van der Waals surface area contributed by atoms with E-state index in [9.17, 15) is 9.59 Å². The van der Waals surface area contributed by atoms with E-state index in [1.165, 1.54) is 25.7 Å². The molecule has 2 heterocycles. The Morgan fingerprint density at radius 3 is 2.71 bits per heavy atom. The van der Waals surface area contributed by atoms with E-state index < -0.39 is 11.8 Å². The number of aryl methyl sites for hydroxylation is 1. The van der Waals surface area contributed by atoms with E-state index in [2.05, 4.69) is 10.5 Å². The molecule has 1 aromatic heterocycles. The summed E-state index contributed by atoms with van der Waals surface area (Å²) in [5.41, 5.74) is 0. The summed E-state index contributed by atoms with van der Waals surface area (Å²) in [6, 6.07) is 1.84. The molecule has 2 fully saturated rings. The highest BCUT2D eigenvalue weighted by Gasteiger charge is 2.38. The van der Waals surface area contributed by atoms with Gasteiger partial charge in [0.05, 0.1) is 0 Å². The van der Waals surface area contributed by atoms with Crippen LogP contribution in [0.5, 0.6) is 0 Å². The number of hydrogen-bond acceptors (Lipinski definition) is 4. The third-order valence-electron chi connectivity index (χ3n) is 4.57. The molecule has 1 saturated heterocycles. The minimum atomic E-state index is -0.617. The number of likely N-dealkylation sites (tertiary alicyclic amines) is 1. The topological polar surface area (TPSA) is 75.4 Å². The number of aromatic nitrogens is 1. The maximum absolute atomic E-state index is 12.4. The Labute approximate surface area is 123 Å². The first-order valence-corrected chi connectivity index (χ1v) is 7.70. The largest absolute Gasteiger partial charge is 0.360 e. The average Bonchev–Trinajstić information content (AvgIpc) is 3.18. The fourth-order valence-corrected chi connectivity index (χ4v) is 3.60. The molecule has 3 rings (SSSR count). The molecule has 6 heteroatoms. The Balaban J connectivity index is 1.64. The molecule has 1 saturated carbocycles. The van der Waals surface area contributed by atoms with Gasteiger partial charge in [0, 0.05) is 18.7 Å². The zero-order valence-corrected chi connectivity index (χ0v) is 12.3. The quantitative estimate of drug-likeness (QED) is 0.847. The van der Waals surface area contributed by atoms with Crippen LogP contribution in [0.2, 0.25) is 0 Å². The van der Waals surface area contributed by atoms with Crippen LogP contribution >= 0.6 is 0 Å². The lowest BCUT2D eigenvalue weighted by Crippen LogP contribution is -2.45. The van der Waals surface area contributed by atoms with Gasteiger partial charge in [0.1, 0.15) is 5.76 Å². The van der Waals surface area contributed by atoms with Crippen LogP contribution < -0.4 is 5.32 Å². The Kier molecular flexibility index (Phi) is 3.94. The Hall–Kier alpha value is -1.85. The highest BCUT2D eigenvalue weighted by Crippen LogP contribution is 2.35. The number of hydrogen-bond donors (Lipinski definition) is 1. The van der Waals surface area contributed by atoms with E-state index in [1.54, 1.807) is 17.9 Å². The van der Waals surface area contributed by atoms with E-state index in [4.69, 9.17) is 4.52 Å². The smallest absolute Gasteiger partial charge is 0.315 e. The highest BCUT2D eigenvalue weighted by atomic mass is 16.5. The molecule has 0 bridgehead atoms. The Bertz CT molecular complexity index is 534. The van der Waals surface area contributed by atoms with Crippen molar-refractivity contribution in [1.82, 2.24) is 10.1 Å². The molecule has 2 aliphatic rings. The van der Waals surface area contributed by atoms with Crippen LogP contribution in [-0.2, 0) is 9.59 Å². The predicted molar refractivity (Wildman–Crippen MR) is 76.6 cm³/mol. The van der Waals surface area contributed by atoms with Crippen molar-refractivity contribution in [2.75, 3.05) is 11.9 Å². The van der Waals surface area contributed by atoms with Crippen molar-refractivity contribution in [3.63, 3.8) is 0 Å². The van der Waals surface area contributed by atoms with Crippen molar-refractivity contribution in [1.29, 1.82) is 0 Å². The molecule has 2 amide bonds. The molecule has 6 nitrogen and oxygen atoms in total. The summed E-state index contributed by atoms with van der Waals surface area (Å²) >= 11 is 0. The van der Waals surface area contributed by atoms with Crippen LogP contribution in [0.15, 0.2) is 10.6 Å². The highest BCUT2D eigenvalue weighted by molar-refractivity contribution is 6.39. The second-order valence-corrected chi connectivity index (χ2v) is 6.03. The number of rotatable bonds is 2. The van der Waals surface area contributed by atoms with Gasteiger partial charge in [-0.05, 0) is 38.5 Å². The molecule has 114 valence electrons. The van der Waals surface area contributed by atoms with E-state index >= 15 is 0 Å². The number of nitrogens with one attached hydrogen (secondary N) is 1. The zero-order valence-electron chi connectivity index (χ0n) is 12.3. The first-order chi connectivity index (χ1) is 10.1. The van der Waals surface area contributed by atoms with Gasteiger partial charge in [0.15, 0.2) is 5.82 Å². The van der Waals surface area contributed by atoms with Crippen LogP contribution in [0.3, 0.4) is 0 Å². The van der Waals surface area contributed by atoms with Crippen molar-refractivity contribution in [3.05, 3.63) is 11.8 Å². The molecular formula is C15H21N3O3. The fourth-order valence-electron chi connectivity index (χ4n) is 3.60. The van der Waals surface area contributed by atoms with Crippen LogP contribution in [0.25, 0.3) is 0 Å². The lowest BCUT2D eigenvalue weighted by molar-refractivity contribution is -0.144. The van der Waals surface area contributed by atoms with Gasteiger partial charge in [-0.25, -0.2) is 0 Å². The Morgan fingerprint density at radius 1 is 1.29 bits per heavy atom. The number of amides is 2. The second kappa shape index (κ2) is 5.87. The normalized spacial score (nSPS) is 22.7. The molecule has 0 radical (unpaired) electrons. The standard InChI is InChI=1S/C15H21N3O3/c1-10-9-13(17-21-10)16-14(19)15(20)18-8-4-7-12(18)11-5-2-3-6-11/h9,11-12H,2-8H2,1H3,(H,16,17,19)/t12-/m1/s1. The number of carbonyl (C=O) groups is 2. The second-order valence-electron chi connectivity index (χ2n) is 6.03. The van der Waals surface area contributed by atoms with E-state index in [-0.39, 0.29) is 6.04 Å². The van der Waals surface area contributed by atoms with Crippen LogP contribution in [0.1, 0.15) is 44.3 Å². The first-order valence-electron chi connectivity index (χ1n) is 7.70. The summed E-state index contributed by atoms with van der Waals surface area (Å²) < 4.78 is 4.88. The SMILES string of the molecule is Cc1cc(NC(=O)C(=O)N2CCC[C@@H]2C2CCCC2)no1. The third kappa shape index (κ3) is 2.94.